The van der Waals surface area contributed by atoms with Crippen LogP contribution in [0.15, 0.2) is 18.2 Å². The van der Waals surface area contributed by atoms with Crippen LogP contribution in [0.2, 0.25) is 0 Å². The van der Waals surface area contributed by atoms with E-state index >= 15 is 0 Å². The van der Waals surface area contributed by atoms with Crippen LogP contribution in [-0.2, 0) is 0 Å². The van der Waals surface area contributed by atoms with E-state index in [0.29, 0.717) is 6.04 Å². The normalized spacial score (nSPS) is 21.2. The van der Waals surface area contributed by atoms with Gasteiger partial charge in [0.25, 0.3) is 0 Å². The summed E-state index contributed by atoms with van der Waals surface area (Å²) in [5.74, 6) is 1.57. The van der Waals surface area contributed by atoms with Gasteiger partial charge in [0, 0.05) is 25.7 Å². The van der Waals surface area contributed by atoms with Crippen molar-refractivity contribution in [2.24, 2.45) is 0 Å². The van der Waals surface area contributed by atoms with Gasteiger partial charge in [-0.2, -0.15) is 0 Å². The van der Waals surface area contributed by atoms with Gasteiger partial charge in [0.2, 0.25) is 0 Å². The fourth-order valence-corrected chi connectivity index (χ4v) is 2.19. The summed E-state index contributed by atoms with van der Waals surface area (Å²) in [7, 11) is 5.47. The number of methoxy groups -OCH3 is 2. The first-order chi connectivity index (χ1) is 8.24. The molecule has 1 heterocycles. The van der Waals surface area contributed by atoms with E-state index in [1.165, 1.54) is 5.56 Å². The van der Waals surface area contributed by atoms with Crippen molar-refractivity contribution in [1.29, 1.82) is 0 Å². The second-order valence-corrected chi connectivity index (χ2v) is 4.38. The molecule has 0 saturated carbocycles. The molecular formula is C13H20N2O2. The first-order valence-corrected chi connectivity index (χ1v) is 5.88. The monoisotopic (exact) mass is 236 g/mol. The third-order valence-electron chi connectivity index (χ3n) is 3.19. The Morgan fingerprint density at radius 2 is 2.00 bits per heavy atom. The summed E-state index contributed by atoms with van der Waals surface area (Å²) in [5.41, 5.74) is 1.24. The first-order valence-electron chi connectivity index (χ1n) is 5.88. The van der Waals surface area contributed by atoms with Crippen LogP contribution < -0.4 is 14.8 Å². The average molecular weight is 236 g/mol. The summed E-state index contributed by atoms with van der Waals surface area (Å²) in [6.07, 6.45) is 0. The van der Waals surface area contributed by atoms with Gasteiger partial charge < -0.3 is 19.7 Å². The number of likely N-dealkylation sites (N-methyl/N-ethyl adjacent to an activating group) is 1. The number of hydrogen-bond acceptors (Lipinski definition) is 4. The maximum absolute atomic E-state index is 5.33. The molecule has 94 valence electrons. The van der Waals surface area contributed by atoms with Crippen molar-refractivity contribution in [1.82, 2.24) is 10.2 Å². The van der Waals surface area contributed by atoms with E-state index in [0.717, 1.165) is 31.1 Å². The molecule has 4 heteroatoms. The van der Waals surface area contributed by atoms with E-state index in [2.05, 4.69) is 29.4 Å². The Labute approximate surface area is 103 Å². The largest absolute Gasteiger partial charge is 0.493 e. The van der Waals surface area contributed by atoms with Gasteiger partial charge in [-0.15, -0.1) is 0 Å². The van der Waals surface area contributed by atoms with Crippen molar-refractivity contribution in [3.8, 4) is 11.5 Å². The van der Waals surface area contributed by atoms with Crippen molar-refractivity contribution in [3.63, 3.8) is 0 Å². The molecule has 1 aromatic rings. The zero-order valence-electron chi connectivity index (χ0n) is 10.7. The van der Waals surface area contributed by atoms with Crippen LogP contribution in [0, 0.1) is 0 Å². The van der Waals surface area contributed by atoms with Crippen LogP contribution in [0.3, 0.4) is 0 Å². The highest BCUT2D eigenvalue weighted by Gasteiger charge is 2.19. The quantitative estimate of drug-likeness (QED) is 0.857. The molecule has 0 amide bonds. The van der Waals surface area contributed by atoms with Crippen LogP contribution >= 0.6 is 0 Å². The number of rotatable bonds is 3. The molecule has 0 aromatic heterocycles. The van der Waals surface area contributed by atoms with Gasteiger partial charge in [-0.3, -0.25) is 0 Å². The van der Waals surface area contributed by atoms with E-state index in [1.807, 2.05) is 6.07 Å². The van der Waals surface area contributed by atoms with Crippen molar-refractivity contribution < 1.29 is 9.47 Å². The smallest absolute Gasteiger partial charge is 0.161 e. The predicted molar refractivity (Wildman–Crippen MR) is 67.8 cm³/mol. The summed E-state index contributed by atoms with van der Waals surface area (Å²) in [4.78, 5) is 2.33. The van der Waals surface area contributed by atoms with E-state index < -0.39 is 0 Å². The predicted octanol–water partition coefficient (Wildman–Crippen LogP) is 1.28. The summed E-state index contributed by atoms with van der Waals surface area (Å²) in [6.45, 7) is 3.15. The van der Waals surface area contributed by atoms with Crippen molar-refractivity contribution in [2.45, 2.75) is 6.04 Å². The highest BCUT2D eigenvalue weighted by Crippen LogP contribution is 2.30. The maximum Gasteiger partial charge on any atom is 0.161 e. The lowest BCUT2D eigenvalue weighted by Gasteiger charge is -2.31. The summed E-state index contributed by atoms with van der Waals surface area (Å²) in [6, 6.07) is 6.48. The van der Waals surface area contributed by atoms with Gasteiger partial charge in [0.05, 0.1) is 14.2 Å². The van der Waals surface area contributed by atoms with Gasteiger partial charge in [-0.1, -0.05) is 6.07 Å². The Morgan fingerprint density at radius 1 is 1.24 bits per heavy atom. The topological polar surface area (TPSA) is 33.7 Å². The van der Waals surface area contributed by atoms with E-state index in [9.17, 15) is 0 Å². The number of piperazine rings is 1. The first kappa shape index (κ1) is 12.2. The van der Waals surface area contributed by atoms with Gasteiger partial charge in [0.15, 0.2) is 11.5 Å². The Bertz CT molecular complexity index is 382. The molecule has 0 spiro atoms. The number of ether oxygens (including phenoxy) is 2. The van der Waals surface area contributed by atoms with Crippen LogP contribution in [0.1, 0.15) is 11.6 Å². The summed E-state index contributed by atoms with van der Waals surface area (Å²) >= 11 is 0. The maximum atomic E-state index is 5.33. The molecule has 1 unspecified atom stereocenters. The minimum Gasteiger partial charge on any atom is -0.493 e. The molecular weight excluding hydrogens is 216 g/mol. The lowest BCUT2D eigenvalue weighted by molar-refractivity contribution is 0.240. The molecule has 1 aliphatic heterocycles. The highest BCUT2D eigenvalue weighted by molar-refractivity contribution is 5.43. The minimum absolute atomic E-state index is 0.369. The molecule has 1 saturated heterocycles. The van der Waals surface area contributed by atoms with Crippen molar-refractivity contribution in [3.05, 3.63) is 23.8 Å². The Kier molecular flexibility index (Phi) is 3.86. The SMILES string of the molecule is COc1ccc(C2CN(C)CCN2)cc1OC. The van der Waals surface area contributed by atoms with E-state index in [4.69, 9.17) is 9.47 Å². The standard InChI is InChI=1S/C13H20N2O2/c1-15-7-6-14-11(9-15)10-4-5-12(16-2)13(8-10)17-3/h4-5,8,11,14H,6-7,9H2,1-3H3. The highest BCUT2D eigenvalue weighted by atomic mass is 16.5. The third-order valence-corrected chi connectivity index (χ3v) is 3.19. The van der Waals surface area contributed by atoms with Crippen LogP contribution in [-0.4, -0.2) is 45.8 Å². The second kappa shape index (κ2) is 5.38. The minimum atomic E-state index is 0.369. The van der Waals surface area contributed by atoms with Crippen LogP contribution in [0.4, 0.5) is 0 Å². The van der Waals surface area contributed by atoms with E-state index in [1.54, 1.807) is 14.2 Å². The molecule has 0 bridgehead atoms. The molecule has 1 N–H and O–H groups in total. The lowest BCUT2D eigenvalue weighted by atomic mass is 10.0. The summed E-state index contributed by atoms with van der Waals surface area (Å²) < 4.78 is 10.6. The molecule has 0 aliphatic carbocycles. The molecule has 1 aromatic carbocycles. The van der Waals surface area contributed by atoms with Crippen molar-refractivity contribution >= 4 is 0 Å². The zero-order valence-corrected chi connectivity index (χ0v) is 10.7. The molecule has 17 heavy (non-hydrogen) atoms. The molecule has 4 nitrogen and oxygen atoms in total. The fraction of sp³-hybridized carbons (Fsp3) is 0.538. The van der Waals surface area contributed by atoms with E-state index in [-0.39, 0.29) is 0 Å². The van der Waals surface area contributed by atoms with Crippen LogP contribution in [0.25, 0.3) is 0 Å². The second-order valence-electron chi connectivity index (χ2n) is 4.38. The van der Waals surface area contributed by atoms with Crippen molar-refractivity contribution in [2.75, 3.05) is 40.9 Å². The van der Waals surface area contributed by atoms with Gasteiger partial charge >= 0.3 is 0 Å². The number of nitrogens with one attached hydrogen (secondary N) is 1. The zero-order chi connectivity index (χ0) is 12.3. The number of nitrogens with zero attached hydrogens (tertiary/aromatic N) is 1. The Hall–Kier alpha value is -1.26. The Balaban J connectivity index is 2.20. The molecule has 1 aliphatic rings. The third kappa shape index (κ3) is 2.70. The fourth-order valence-electron chi connectivity index (χ4n) is 2.19. The number of hydrogen-bond donors (Lipinski definition) is 1. The van der Waals surface area contributed by atoms with Crippen LogP contribution in [0.5, 0.6) is 11.5 Å². The molecule has 0 radical (unpaired) electrons. The van der Waals surface area contributed by atoms with Gasteiger partial charge in [0.1, 0.15) is 0 Å². The lowest BCUT2D eigenvalue weighted by Crippen LogP contribution is -2.43. The van der Waals surface area contributed by atoms with Gasteiger partial charge in [-0.05, 0) is 24.7 Å². The molecule has 1 atom stereocenters. The molecule has 2 rings (SSSR count). The Morgan fingerprint density at radius 3 is 2.65 bits per heavy atom. The molecule has 1 fully saturated rings. The summed E-state index contributed by atoms with van der Waals surface area (Å²) in [5, 5.41) is 3.52. The van der Waals surface area contributed by atoms with Gasteiger partial charge in [-0.25, -0.2) is 0 Å². The average Bonchev–Trinajstić information content (AvgIpc) is 2.38. The number of benzene rings is 1.